The molecule has 0 fully saturated rings. The molecule has 6 nitrogen and oxygen atoms in total. The van der Waals surface area contributed by atoms with E-state index in [0.29, 0.717) is 10.5 Å². The van der Waals surface area contributed by atoms with Crippen LogP contribution in [0.5, 0.6) is 0 Å². The first-order valence-electron chi connectivity index (χ1n) is 7.52. The minimum Gasteiger partial charge on any atom is -0.295 e. The van der Waals surface area contributed by atoms with Crippen LogP contribution in [0.3, 0.4) is 0 Å². The number of halogens is 3. The molecule has 1 aliphatic rings. The van der Waals surface area contributed by atoms with E-state index in [1.165, 1.54) is 18.2 Å². The fourth-order valence-electron chi connectivity index (χ4n) is 2.72. The second-order valence-electron chi connectivity index (χ2n) is 5.56. The number of nitro groups is 1. The SMILES string of the molecule is O=C1C([N+](=O)[O-])N=C(c2ccccc2)c2ccccc2N1CC(F)(F)F. The summed E-state index contributed by atoms with van der Waals surface area (Å²) in [5.41, 5.74) is 0.719. The lowest BCUT2D eigenvalue weighted by molar-refractivity contribution is -0.505. The van der Waals surface area contributed by atoms with Gasteiger partial charge in [0.15, 0.2) is 0 Å². The molecule has 1 heterocycles. The fourth-order valence-corrected chi connectivity index (χ4v) is 2.72. The zero-order valence-electron chi connectivity index (χ0n) is 13.2. The maximum absolute atomic E-state index is 13.0. The van der Waals surface area contributed by atoms with Crippen molar-refractivity contribution in [2.45, 2.75) is 12.3 Å². The van der Waals surface area contributed by atoms with Crippen molar-refractivity contribution in [1.82, 2.24) is 0 Å². The van der Waals surface area contributed by atoms with Crippen LogP contribution in [-0.2, 0) is 4.79 Å². The fraction of sp³-hybridized carbons (Fsp3) is 0.176. The molecule has 0 aliphatic carbocycles. The summed E-state index contributed by atoms with van der Waals surface area (Å²) in [4.78, 5) is 27.1. The van der Waals surface area contributed by atoms with Crippen molar-refractivity contribution in [3.8, 4) is 0 Å². The number of fused-ring (bicyclic) bond motifs is 1. The molecule has 0 saturated heterocycles. The van der Waals surface area contributed by atoms with E-state index in [1.807, 2.05) is 0 Å². The van der Waals surface area contributed by atoms with E-state index in [2.05, 4.69) is 4.99 Å². The van der Waals surface area contributed by atoms with Gasteiger partial charge >= 0.3 is 18.2 Å². The Bertz CT molecular complexity index is 882. The van der Waals surface area contributed by atoms with Gasteiger partial charge in [-0.05, 0) is 6.07 Å². The Morgan fingerprint density at radius 3 is 2.31 bits per heavy atom. The Labute approximate surface area is 145 Å². The number of carbonyl (C=O) groups excluding carboxylic acids is 1. The molecule has 0 saturated carbocycles. The van der Waals surface area contributed by atoms with Gasteiger partial charge < -0.3 is 0 Å². The van der Waals surface area contributed by atoms with E-state index in [0.717, 1.165) is 0 Å². The molecule has 2 aromatic carbocycles. The summed E-state index contributed by atoms with van der Waals surface area (Å²) in [5, 5.41) is 11.3. The minimum atomic E-state index is -4.72. The number of aliphatic imine (C=N–C) groups is 1. The monoisotopic (exact) mass is 363 g/mol. The van der Waals surface area contributed by atoms with Crippen molar-refractivity contribution < 1.29 is 22.9 Å². The predicted molar refractivity (Wildman–Crippen MR) is 87.7 cm³/mol. The highest BCUT2D eigenvalue weighted by atomic mass is 19.4. The van der Waals surface area contributed by atoms with Crippen molar-refractivity contribution in [3.63, 3.8) is 0 Å². The van der Waals surface area contributed by atoms with Crippen molar-refractivity contribution in [2.75, 3.05) is 11.4 Å². The first-order valence-corrected chi connectivity index (χ1v) is 7.52. The third kappa shape index (κ3) is 3.41. The normalized spacial score (nSPS) is 17.3. The van der Waals surface area contributed by atoms with Crippen LogP contribution < -0.4 is 4.90 Å². The number of hydrogen-bond acceptors (Lipinski definition) is 4. The van der Waals surface area contributed by atoms with Gasteiger partial charge in [-0.3, -0.25) is 19.8 Å². The summed E-state index contributed by atoms with van der Waals surface area (Å²) >= 11 is 0. The number of alkyl halides is 3. The van der Waals surface area contributed by atoms with Gasteiger partial charge in [0.1, 0.15) is 6.54 Å². The highest BCUT2D eigenvalue weighted by molar-refractivity contribution is 6.19. The smallest absolute Gasteiger partial charge is 0.295 e. The second-order valence-corrected chi connectivity index (χ2v) is 5.56. The van der Waals surface area contributed by atoms with Crippen molar-refractivity contribution in [2.24, 2.45) is 4.99 Å². The van der Waals surface area contributed by atoms with Crippen LogP contribution >= 0.6 is 0 Å². The quantitative estimate of drug-likeness (QED) is 0.621. The maximum atomic E-state index is 13.0. The van der Waals surface area contributed by atoms with Crippen LogP contribution in [0.15, 0.2) is 59.6 Å². The molecule has 0 radical (unpaired) electrons. The highest BCUT2D eigenvalue weighted by Crippen LogP contribution is 2.31. The van der Waals surface area contributed by atoms with Gasteiger partial charge in [0.25, 0.3) is 0 Å². The molecule has 1 atom stereocenters. The molecule has 9 heteroatoms. The van der Waals surface area contributed by atoms with Gasteiger partial charge in [0, 0.05) is 11.1 Å². The van der Waals surface area contributed by atoms with Gasteiger partial charge in [-0.1, -0.05) is 48.5 Å². The number of benzodiazepines with no additional fused rings is 1. The molecular formula is C17H12F3N3O3. The predicted octanol–water partition coefficient (Wildman–Crippen LogP) is 3.04. The molecular weight excluding hydrogens is 351 g/mol. The van der Waals surface area contributed by atoms with Crippen LogP contribution in [0.2, 0.25) is 0 Å². The van der Waals surface area contributed by atoms with Crippen LogP contribution in [0.25, 0.3) is 0 Å². The Hall–Kier alpha value is -3.23. The standard InChI is InChI=1S/C17H12F3N3O3/c18-17(19,20)10-22-13-9-5-4-8-12(13)14(11-6-2-1-3-7-11)21-15(16(22)24)23(25)26/h1-9,15H,10H2. The van der Waals surface area contributed by atoms with Gasteiger partial charge in [-0.25, -0.2) is 4.99 Å². The van der Waals surface area contributed by atoms with E-state index < -0.39 is 29.7 Å². The number of carbonyl (C=O) groups is 1. The van der Waals surface area contributed by atoms with E-state index in [-0.39, 0.29) is 17.0 Å². The first-order chi connectivity index (χ1) is 12.3. The maximum Gasteiger partial charge on any atom is 0.406 e. The van der Waals surface area contributed by atoms with Gasteiger partial charge in [0.2, 0.25) is 0 Å². The minimum absolute atomic E-state index is 0.0678. The molecule has 134 valence electrons. The average Bonchev–Trinajstić information content (AvgIpc) is 2.71. The molecule has 1 unspecified atom stereocenters. The number of amides is 1. The van der Waals surface area contributed by atoms with E-state index >= 15 is 0 Å². The molecule has 2 aromatic rings. The van der Waals surface area contributed by atoms with Crippen molar-refractivity contribution >= 4 is 17.3 Å². The van der Waals surface area contributed by atoms with Gasteiger partial charge in [-0.2, -0.15) is 13.2 Å². The van der Waals surface area contributed by atoms with E-state index in [4.69, 9.17) is 0 Å². The summed E-state index contributed by atoms with van der Waals surface area (Å²) in [5.74, 6) is -1.33. The number of nitrogens with zero attached hydrogens (tertiary/aromatic N) is 3. The average molecular weight is 363 g/mol. The number of para-hydroxylation sites is 1. The number of anilines is 1. The molecule has 3 rings (SSSR count). The topological polar surface area (TPSA) is 75.8 Å². The third-order valence-corrected chi connectivity index (χ3v) is 3.77. The van der Waals surface area contributed by atoms with E-state index in [1.54, 1.807) is 36.4 Å². The first kappa shape index (κ1) is 17.6. The number of benzene rings is 2. The summed E-state index contributed by atoms with van der Waals surface area (Å²) in [7, 11) is 0. The van der Waals surface area contributed by atoms with Crippen molar-refractivity contribution in [1.29, 1.82) is 0 Å². The zero-order chi connectivity index (χ0) is 18.9. The zero-order valence-corrected chi connectivity index (χ0v) is 13.2. The van der Waals surface area contributed by atoms with Crippen LogP contribution in [0.4, 0.5) is 18.9 Å². The molecule has 26 heavy (non-hydrogen) atoms. The van der Waals surface area contributed by atoms with Crippen LogP contribution in [0.1, 0.15) is 11.1 Å². The number of rotatable bonds is 3. The Morgan fingerprint density at radius 2 is 1.69 bits per heavy atom. The molecule has 0 aromatic heterocycles. The Balaban J connectivity index is 2.24. The Morgan fingerprint density at radius 1 is 1.08 bits per heavy atom. The summed E-state index contributed by atoms with van der Waals surface area (Å²) < 4.78 is 39.0. The summed E-state index contributed by atoms with van der Waals surface area (Å²) in [6.07, 6.45) is -6.87. The van der Waals surface area contributed by atoms with Gasteiger partial charge in [0.05, 0.1) is 16.3 Å². The van der Waals surface area contributed by atoms with Gasteiger partial charge in [-0.15, -0.1) is 0 Å². The summed E-state index contributed by atoms with van der Waals surface area (Å²) in [6, 6.07) is 14.1. The second kappa shape index (κ2) is 6.58. The molecule has 0 N–H and O–H groups in total. The molecule has 0 spiro atoms. The lowest BCUT2D eigenvalue weighted by Crippen LogP contribution is -2.46. The van der Waals surface area contributed by atoms with E-state index in [9.17, 15) is 28.1 Å². The molecule has 1 aliphatic heterocycles. The highest BCUT2D eigenvalue weighted by Gasteiger charge is 2.43. The lowest BCUT2D eigenvalue weighted by Gasteiger charge is -2.24. The third-order valence-electron chi connectivity index (χ3n) is 3.77. The summed E-state index contributed by atoms with van der Waals surface area (Å²) in [6.45, 7) is -1.63. The largest absolute Gasteiger partial charge is 0.406 e. The lowest BCUT2D eigenvalue weighted by atomic mass is 10.0. The Kier molecular flexibility index (Phi) is 4.45. The number of hydrogen-bond donors (Lipinski definition) is 0. The molecule has 1 amide bonds. The van der Waals surface area contributed by atoms with Crippen LogP contribution in [-0.4, -0.2) is 35.4 Å². The van der Waals surface area contributed by atoms with Crippen LogP contribution in [0, 0.1) is 10.1 Å². The molecule has 0 bridgehead atoms. The van der Waals surface area contributed by atoms with Crippen molar-refractivity contribution in [3.05, 3.63) is 75.8 Å².